The van der Waals surface area contributed by atoms with E-state index in [1.165, 1.54) is 0 Å². The predicted octanol–water partition coefficient (Wildman–Crippen LogP) is 2.19. The van der Waals surface area contributed by atoms with E-state index in [0.29, 0.717) is 6.61 Å². The fourth-order valence-corrected chi connectivity index (χ4v) is 2.40. The number of ether oxygens (including phenoxy) is 1. The summed E-state index contributed by atoms with van der Waals surface area (Å²) in [6.45, 7) is 2.62. The third-order valence-corrected chi connectivity index (χ3v) is 3.40. The van der Waals surface area contributed by atoms with Crippen molar-refractivity contribution in [2.75, 3.05) is 6.61 Å². The Morgan fingerprint density at radius 1 is 1.40 bits per heavy atom. The summed E-state index contributed by atoms with van der Waals surface area (Å²) < 4.78 is 5.74. The molecule has 1 unspecified atom stereocenters. The van der Waals surface area contributed by atoms with E-state index < -0.39 is 5.97 Å². The van der Waals surface area contributed by atoms with Crippen LogP contribution in [0.5, 0.6) is 5.75 Å². The van der Waals surface area contributed by atoms with Gasteiger partial charge in [-0.1, -0.05) is 18.2 Å². The third-order valence-electron chi connectivity index (χ3n) is 3.40. The van der Waals surface area contributed by atoms with Crippen molar-refractivity contribution >= 4 is 11.9 Å². The van der Waals surface area contributed by atoms with Gasteiger partial charge in [0.2, 0.25) is 5.91 Å². The second-order valence-corrected chi connectivity index (χ2v) is 5.00. The number of aliphatic carboxylic acids is 1. The van der Waals surface area contributed by atoms with Crippen LogP contribution in [-0.2, 0) is 9.59 Å². The maximum atomic E-state index is 11.8. The molecule has 1 atom stereocenters. The maximum Gasteiger partial charge on any atom is 0.303 e. The van der Waals surface area contributed by atoms with Crippen molar-refractivity contribution in [3.8, 4) is 5.75 Å². The average Bonchev–Trinajstić information content (AvgIpc) is 2.60. The molecule has 0 bridgehead atoms. The average molecular weight is 277 g/mol. The van der Waals surface area contributed by atoms with Gasteiger partial charge in [-0.2, -0.15) is 0 Å². The number of aryl methyl sites for hydroxylation is 1. The first-order chi connectivity index (χ1) is 9.58. The zero-order valence-corrected chi connectivity index (χ0v) is 11.5. The molecule has 1 amide bonds. The highest BCUT2D eigenvalue weighted by molar-refractivity contribution is 5.81. The predicted molar refractivity (Wildman–Crippen MR) is 73.7 cm³/mol. The standard InChI is InChI=1S/C15H19NO4/c1-10-4-2-5-11-12(6-3-9-20-15(10)11)16-13(17)7-8-14(18)19/h2,4-5,12H,3,6-9H2,1H3,(H,16,17)(H,18,19). The molecular weight excluding hydrogens is 258 g/mol. The molecule has 0 spiro atoms. The van der Waals surface area contributed by atoms with E-state index in [-0.39, 0.29) is 24.8 Å². The van der Waals surface area contributed by atoms with Crippen LogP contribution in [-0.4, -0.2) is 23.6 Å². The molecule has 5 nitrogen and oxygen atoms in total. The molecule has 1 heterocycles. The van der Waals surface area contributed by atoms with Crippen LogP contribution >= 0.6 is 0 Å². The Hall–Kier alpha value is -2.04. The minimum absolute atomic E-state index is 0.00778. The number of benzene rings is 1. The van der Waals surface area contributed by atoms with Gasteiger partial charge in [0.15, 0.2) is 0 Å². The topological polar surface area (TPSA) is 75.6 Å². The lowest BCUT2D eigenvalue weighted by atomic mass is 9.99. The number of carbonyl (C=O) groups is 2. The van der Waals surface area contributed by atoms with E-state index in [1.54, 1.807) is 0 Å². The fraction of sp³-hybridized carbons (Fsp3) is 0.467. The normalized spacial score (nSPS) is 17.6. The fourth-order valence-electron chi connectivity index (χ4n) is 2.40. The van der Waals surface area contributed by atoms with Gasteiger partial charge < -0.3 is 15.2 Å². The van der Waals surface area contributed by atoms with Gasteiger partial charge in [0.25, 0.3) is 0 Å². The Balaban J connectivity index is 2.10. The Morgan fingerprint density at radius 2 is 2.20 bits per heavy atom. The van der Waals surface area contributed by atoms with Gasteiger partial charge >= 0.3 is 5.97 Å². The Morgan fingerprint density at radius 3 is 2.95 bits per heavy atom. The minimum Gasteiger partial charge on any atom is -0.493 e. The van der Waals surface area contributed by atoms with Crippen LogP contribution in [0.1, 0.15) is 42.9 Å². The molecule has 1 aliphatic heterocycles. The summed E-state index contributed by atoms with van der Waals surface area (Å²) >= 11 is 0. The summed E-state index contributed by atoms with van der Waals surface area (Å²) in [7, 11) is 0. The van der Waals surface area contributed by atoms with Crippen LogP contribution in [0.2, 0.25) is 0 Å². The van der Waals surface area contributed by atoms with Crippen molar-refractivity contribution in [2.45, 2.75) is 38.6 Å². The molecule has 5 heteroatoms. The first kappa shape index (κ1) is 14.4. The zero-order valence-electron chi connectivity index (χ0n) is 11.5. The van der Waals surface area contributed by atoms with Gasteiger partial charge in [0.1, 0.15) is 5.75 Å². The number of rotatable bonds is 4. The van der Waals surface area contributed by atoms with Crippen molar-refractivity contribution in [3.05, 3.63) is 29.3 Å². The molecule has 108 valence electrons. The molecule has 1 aromatic carbocycles. The van der Waals surface area contributed by atoms with Gasteiger partial charge in [-0.25, -0.2) is 0 Å². The summed E-state index contributed by atoms with van der Waals surface area (Å²) in [4.78, 5) is 22.3. The summed E-state index contributed by atoms with van der Waals surface area (Å²) in [6, 6.07) is 5.77. The molecule has 20 heavy (non-hydrogen) atoms. The van der Waals surface area contributed by atoms with Crippen LogP contribution in [0.3, 0.4) is 0 Å². The van der Waals surface area contributed by atoms with E-state index in [2.05, 4.69) is 5.32 Å². The molecule has 0 saturated carbocycles. The molecule has 0 fully saturated rings. The van der Waals surface area contributed by atoms with Crippen molar-refractivity contribution in [1.82, 2.24) is 5.32 Å². The van der Waals surface area contributed by atoms with Crippen LogP contribution in [0.25, 0.3) is 0 Å². The lowest BCUT2D eigenvalue weighted by Crippen LogP contribution is -2.28. The summed E-state index contributed by atoms with van der Waals surface area (Å²) in [5.41, 5.74) is 2.03. The van der Waals surface area contributed by atoms with Gasteiger partial charge in [0.05, 0.1) is 19.1 Å². The van der Waals surface area contributed by atoms with Crippen LogP contribution in [0.4, 0.5) is 0 Å². The molecule has 2 N–H and O–H groups in total. The molecule has 0 saturated heterocycles. The van der Waals surface area contributed by atoms with E-state index in [4.69, 9.17) is 9.84 Å². The number of hydrogen-bond acceptors (Lipinski definition) is 3. The molecule has 1 aromatic rings. The van der Waals surface area contributed by atoms with E-state index >= 15 is 0 Å². The number of carbonyl (C=O) groups excluding carboxylic acids is 1. The second-order valence-electron chi connectivity index (χ2n) is 5.00. The largest absolute Gasteiger partial charge is 0.493 e. The minimum atomic E-state index is -0.958. The Bertz CT molecular complexity index is 513. The SMILES string of the molecule is Cc1cccc2c1OCCCC2NC(=O)CCC(=O)O. The number of hydrogen-bond donors (Lipinski definition) is 2. The van der Waals surface area contributed by atoms with Crippen molar-refractivity contribution < 1.29 is 19.4 Å². The number of carboxylic acids is 1. The summed E-state index contributed by atoms with van der Waals surface area (Å²) in [6.07, 6.45) is 1.52. The van der Waals surface area contributed by atoms with Gasteiger partial charge in [-0.15, -0.1) is 0 Å². The molecular formula is C15H19NO4. The highest BCUT2D eigenvalue weighted by Crippen LogP contribution is 2.33. The van der Waals surface area contributed by atoms with Gasteiger partial charge in [-0.3, -0.25) is 9.59 Å². The quantitative estimate of drug-likeness (QED) is 0.884. The Kier molecular flexibility index (Phi) is 4.61. The maximum absolute atomic E-state index is 11.8. The van der Waals surface area contributed by atoms with E-state index in [0.717, 1.165) is 29.7 Å². The molecule has 2 rings (SSSR count). The van der Waals surface area contributed by atoms with Crippen LogP contribution < -0.4 is 10.1 Å². The summed E-state index contributed by atoms with van der Waals surface area (Å²) in [5, 5.41) is 11.5. The number of fused-ring (bicyclic) bond motifs is 1. The molecule has 0 aliphatic carbocycles. The lowest BCUT2D eigenvalue weighted by Gasteiger charge is -2.19. The third kappa shape index (κ3) is 3.50. The number of carboxylic acid groups (broad SMARTS) is 1. The first-order valence-corrected chi connectivity index (χ1v) is 6.81. The first-order valence-electron chi connectivity index (χ1n) is 6.81. The second kappa shape index (κ2) is 6.41. The van der Waals surface area contributed by atoms with Crippen LogP contribution in [0, 0.1) is 6.92 Å². The smallest absolute Gasteiger partial charge is 0.303 e. The van der Waals surface area contributed by atoms with Crippen molar-refractivity contribution in [2.24, 2.45) is 0 Å². The van der Waals surface area contributed by atoms with Crippen molar-refractivity contribution in [1.29, 1.82) is 0 Å². The van der Waals surface area contributed by atoms with E-state index in [9.17, 15) is 9.59 Å². The van der Waals surface area contributed by atoms with E-state index in [1.807, 2.05) is 25.1 Å². The monoisotopic (exact) mass is 277 g/mol. The number of nitrogens with one attached hydrogen (secondary N) is 1. The zero-order chi connectivity index (χ0) is 14.5. The Labute approximate surface area is 117 Å². The molecule has 0 aromatic heterocycles. The van der Waals surface area contributed by atoms with Crippen molar-refractivity contribution in [3.63, 3.8) is 0 Å². The summed E-state index contributed by atoms with van der Waals surface area (Å²) in [5.74, 6) is -0.346. The highest BCUT2D eigenvalue weighted by atomic mass is 16.5. The number of amides is 1. The molecule has 0 radical (unpaired) electrons. The molecule has 1 aliphatic rings. The van der Waals surface area contributed by atoms with Crippen LogP contribution in [0.15, 0.2) is 18.2 Å². The highest BCUT2D eigenvalue weighted by Gasteiger charge is 2.22. The van der Waals surface area contributed by atoms with Gasteiger partial charge in [-0.05, 0) is 25.3 Å². The van der Waals surface area contributed by atoms with Gasteiger partial charge in [0, 0.05) is 12.0 Å². The number of para-hydroxylation sites is 1. The lowest BCUT2D eigenvalue weighted by molar-refractivity contribution is -0.138.